The Hall–Kier alpha value is -4.11. The van der Waals surface area contributed by atoms with Gasteiger partial charge in [-0.3, -0.25) is 14.6 Å². The van der Waals surface area contributed by atoms with E-state index >= 15 is 0 Å². The SMILES string of the molecule is O=C1C[C@H](Sc2nc3ccccc3c3nc(-c4ccncc4)nn23)C(=O)N1c1ccccc1. The number of benzene rings is 2. The molecule has 0 saturated carbocycles. The Morgan fingerprint density at radius 2 is 1.64 bits per heavy atom. The largest absolute Gasteiger partial charge is 0.274 e. The van der Waals surface area contributed by atoms with Crippen LogP contribution in [0.5, 0.6) is 0 Å². The number of pyridine rings is 1. The van der Waals surface area contributed by atoms with Gasteiger partial charge in [-0.1, -0.05) is 42.1 Å². The number of rotatable bonds is 4. The van der Waals surface area contributed by atoms with Crippen LogP contribution in [0.15, 0.2) is 84.3 Å². The number of hydrogen-bond donors (Lipinski definition) is 0. The van der Waals surface area contributed by atoms with Gasteiger partial charge in [0.05, 0.1) is 11.2 Å². The van der Waals surface area contributed by atoms with Crippen LogP contribution < -0.4 is 4.90 Å². The smallest absolute Gasteiger partial charge is 0.247 e. The zero-order valence-electron chi connectivity index (χ0n) is 17.2. The monoisotopic (exact) mass is 452 g/mol. The number of nitrogens with zero attached hydrogens (tertiary/aromatic N) is 6. The molecule has 4 heterocycles. The molecule has 6 rings (SSSR count). The Morgan fingerprint density at radius 1 is 0.879 bits per heavy atom. The summed E-state index contributed by atoms with van der Waals surface area (Å²) >= 11 is 1.24. The molecule has 0 N–H and O–H groups in total. The molecule has 9 heteroatoms. The molecular weight excluding hydrogens is 436 g/mol. The molecule has 1 saturated heterocycles. The summed E-state index contributed by atoms with van der Waals surface area (Å²) in [7, 11) is 0. The third-order valence-corrected chi connectivity index (χ3v) is 6.58. The molecule has 0 bridgehead atoms. The van der Waals surface area contributed by atoms with E-state index < -0.39 is 5.25 Å². The lowest BCUT2D eigenvalue weighted by molar-refractivity contribution is -0.121. The Balaban J connectivity index is 1.43. The maximum absolute atomic E-state index is 13.2. The third-order valence-electron chi connectivity index (χ3n) is 5.46. The molecule has 5 aromatic rings. The molecular formula is C24H16N6O2S. The van der Waals surface area contributed by atoms with Crippen LogP contribution in [0, 0.1) is 0 Å². The minimum Gasteiger partial charge on any atom is -0.274 e. The second-order valence-corrected chi connectivity index (χ2v) is 8.70. The number of hydrogen-bond acceptors (Lipinski definition) is 7. The number of carbonyl (C=O) groups is 2. The number of carbonyl (C=O) groups excluding carboxylic acids is 2. The second kappa shape index (κ2) is 7.79. The van der Waals surface area contributed by atoms with Gasteiger partial charge in [0.15, 0.2) is 16.6 Å². The molecule has 2 amide bonds. The van der Waals surface area contributed by atoms with Gasteiger partial charge in [-0.05, 0) is 36.4 Å². The van der Waals surface area contributed by atoms with E-state index in [9.17, 15) is 9.59 Å². The van der Waals surface area contributed by atoms with E-state index in [1.165, 1.54) is 16.7 Å². The van der Waals surface area contributed by atoms with E-state index in [0.717, 1.165) is 16.5 Å². The molecule has 1 atom stereocenters. The van der Waals surface area contributed by atoms with Crippen LogP contribution in [0.4, 0.5) is 5.69 Å². The Labute approximate surface area is 192 Å². The molecule has 33 heavy (non-hydrogen) atoms. The van der Waals surface area contributed by atoms with E-state index in [-0.39, 0.29) is 18.2 Å². The van der Waals surface area contributed by atoms with Gasteiger partial charge < -0.3 is 0 Å². The van der Waals surface area contributed by atoms with Crippen molar-refractivity contribution in [3.05, 3.63) is 79.1 Å². The van der Waals surface area contributed by atoms with Crippen molar-refractivity contribution in [1.82, 2.24) is 24.6 Å². The maximum Gasteiger partial charge on any atom is 0.247 e. The molecule has 2 aromatic carbocycles. The maximum atomic E-state index is 13.2. The number of anilines is 1. The second-order valence-electron chi connectivity index (χ2n) is 7.53. The highest BCUT2D eigenvalue weighted by molar-refractivity contribution is 8.00. The van der Waals surface area contributed by atoms with Gasteiger partial charge in [-0.2, -0.15) is 4.52 Å². The van der Waals surface area contributed by atoms with Crippen LogP contribution in [-0.2, 0) is 9.59 Å². The highest BCUT2D eigenvalue weighted by Crippen LogP contribution is 2.35. The molecule has 1 aliphatic rings. The fourth-order valence-electron chi connectivity index (χ4n) is 3.90. The van der Waals surface area contributed by atoms with Gasteiger partial charge in [-0.15, -0.1) is 5.10 Å². The predicted octanol–water partition coefficient (Wildman–Crippen LogP) is 3.76. The van der Waals surface area contributed by atoms with Crippen LogP contribution in [-0.4, -0.2) is 41.6 Å². The van der Waals surface area contributed by atoms with Crippen molar-refractivity contribution in [2.24, 2.45) is 0 Å². The third kappa shape index (κ3) is 3.33. The number of amides is 2. The summed E-state index contributed by atoms with van der Waals surface area (Å²) < 4.78 is 1.66. The van der Waals surface area contributed by atoms with Crippen LogP contribution in [0.3, 0.4) is 0 Å². The van der Waals surface area contributed by atoms with Crippen molar-refractivity contribution in [3.63, 3.8) is 0 Å². The lowest BCUT2D eigenvalue weighted by Gasteiger charge is -2.14. The fraction of sp³-hybridized carbons (Fsp3) is 0.0833. The average molecular weight is 452 g/mol. The molecule has 1 aliphatic heterocycles. The van der Waals surface area contributed by atoms with E-state index in [1.54, 1.807) is 41.2 Å². The van der Waals surface area contributed by atoms with Crippen LogP contribution in [0.25, 0.3) is 27.9 Å². The first-order valence-corrected chi connectivity index (χ1v) is 11.2. The van der Waals surface area contributed by atoms with E-state index in [1.807, 2.05) is 42.5 Å². The average Bonchev–Trinajstić information content (AvgIpc) is 3.42. The van der Waals surface area contributed by atoms with Gasteiger partial charge in [0.2, 0.25) is 11.8 Å². The van der Waals surface area contributed by atoms with Crippen molar-refractivity contribution in [3.8, 4) is 11.4 Å². The van der Waals surface area contributed by atoms with Gasteiger partial charge in [0.1, 0.15) is 5.25 Å². The van der Waals surface area contributed by atoms with Gasteiger partial charge in [0.25, 0.3) is 0 Å². The van der Waals surface area contributed by atoms with Gasteiger partial charge in [-0.25, -0.2) is 14.9 Å². The summed E-state index contributed by atoms with van der Waals surface area (Å²) in [6.45, 7) is 0. The van der Waals surface area contributed by atoms with Crippen LogP contribution >= 0.6 is 11.8 Å². The molecule has 0 unspecified atom stereocenters. The summed E-state index contributed by atoms with van der Waals surface area (Å²) in [6, 6.07) is 20.3. The van der Waals surface area contributed by atoms with Crippen LogP contribution in [0.2, 0.25) is 0 Å². The molecule has 3 aromatic heterocycles. The summed E-state index contributed by atoms with van der Waals surface area (Å²) in [5.74, 6) is 0.0581. The quantitative estimate of drug-likeness (QED) is 0.303. The predicted molar refractivity (Wildman–Crippen MR) is 125 cm³/mol. The number of aromatic nitrogens is 5. The fourth-order valence-corrected chi connectivity index (χ4v) is 4.97. The van der Waals surface area contributed by atoms with Crippen molar-refractivity contribution in [2.75, 3.05) is 4.90 Å². The highest BCUT2D eigenvalue weighted by atomic mass is 32.2. The standard InChI is InChI=1S/C24H16N6O2S/c31-20-14-19(23(32)29(20)16-6-2-1-3-7-16)33-24-26-18-9-5-4-8-17(18)22-27-21(28-30(22)24)15-10-12-25-13-11-15/h1-13,19H,14H2/t19-/m0/s1. The van der Waals surface area contributed by atoms with Crippen LogP contribution in [0.1, 0.15) is 6.42 Å². The molecule has 0 radical (unpaired) electrons. The Morgan fingerprint density at radius 3 is 2.45 bits per heavy atom. The first-order valence-electron chi connectivity index (χ1n) is 10.3. The number of thioether (sulfide) groups is 1. The Kier molecular flexibility index (Phi) is 4.62. The Bertz CT molecular complexity index is 1520. The normalized spacial score (nSPS) is 16.2. The molecule has 160 valence electrons. The minimum atomic E-state index is -0.594. The lowest BCUT2D eigenvalue weighted by Crippen LogP contribution is -2.31. The van der Waals surface area contributed by atoms with E-state index in [4.69, 9.17) is 9.97 Å². The molecule has 8 nitrogen and oxygen atoms in total. The minimum absolute atomic E-state index is 0.0975. The molecule has 0 spiro atoms. The molecule has 0 aliphatic carbocycles. The van der Waals surface area contributed by atoms with E-state index in [0.29, 0.717) is 22.3 Å². The highest BCUT2D eigenvalue weighted by Gasteiger charge is 2.41. The number of fused-ring (bicyclic) bond motifs is 3. The van der Waals surface area contributed by atoms with Gasteiger partial charge in [0, 0.05) is 29.8 Å². The van der Waals surface area contributed by atoms with Crippen molar-refractivity contribution >= 4 is 45.8 Å². The molecule has 1 fully saturated rings. The van der Waals surface area contributed by atoms with Crippen molar-refractivity contribution in [2.45, 2.75) is 16.8 Å². The number of imide groups is 1. The van der Waals surface area contributed by atoms with Gasteiger partial charge >= 0.3 is 0 Å². The summed E-state index contributed by atoms with van der Waals surface area (Å²) in [6.07, 6.45) is 3.47. The summed E-state index contributed by atoms with van der Waals surface area (Å²) in [5, 5.41) is 5.45. The zero-order valence-corrected chi connectivity index (χ0v) is 18.0. The summed E-state index contributed by atoms with van der Waals surface area (Å²) in [5.41, 5.74) is 2.80. The summed E-state index contributed by atoms with van der Waals surface area (Å²) in [4.78, 5) is 40.6. The lowest BCUT2D eigenvalue weighted by atomic mass is 10.2. The topological polar surface area (TPSA) is 93.3 Å². The first kappa shape index (κ1) is 19.6. The number of para-hydroxylation sites is 2. The zero-order chi connectivity index (χ0) is 22.4. The van der Waals surface area contributed by atoms with E-state index in [2.05, 4.69) is 10.1 Å². The first-order chi connectivity index (χ1) is 16.2. The van der Waals surface area contributed by atoms with Crippen molar-refractivity contribution in [1.29, 1.82) is 0 Å². The van der Waals surface area contributed by atoms with Crippen molar-refractivity contribution < 1.29 is 9.59 Å².